The Morgan fingerprint density at radius 2 is 1.80 bits per heavy atom. The number of nitrogens with one attached hydrogen (secondary N) is 1. The number of nitrogens with zero attached hydrogens (tertiary/aromatic N) is 5. The van der Waals surface area contributed by atoms with E-state index in [0.29, 0.717) is 31.8 Å². The molecule has 2 saturated heterocycles. The Morgan fingerprint density at radius 1 is 1.03 bits per heavy atom. The van der Waals surface area contributed by atoms with Crippen LogP contribution < -0.4 is 5.32 Å². The number of urea groups is 1. The second kappa shape index (κ2) is 9.21. The van der Waals surface area contributed by atoms with E-state index in [1.807, 2.05) is 4.90 Å². The van der Waals surface area contributed by atoms with E-state index in [0.717, 1.165) is 68.0 Å². The van der Waals surface area contributed by atoms with Crippen LogP contribution in [0.25, 0.3) is 0 Å². The van der Waals surface area contributed by atoms with Crippen molar-refractivity contribution < 1.29 is 14.4 Å². The van der Waals surface area contributed by atoms with E-state index in [1.165, 1.54) is 6.42 Å². The fourth-order valence-electron chi connectivity index (χ4n) is 6.59. The molecular weight excluding hydrogens is 444 g/mol. The van der Waals surface area contributed by atoms with Crippen molar-refractivity contribution in [2.75, 3.05) is 19.6 Å². The molecule has 1 saturated carbocycles. The Labute approximate surface area is 208 Å². The van der Waals surface area contributed by atoms with Gasteiger partial charge in [0.15, 0.2) is 0 Å². The lowest BCUT2D eigenvalue weighted by atomic mass is 9.67. The van der Waals surface area contributed by atoms with Gasteiger partial charge in [0.2, 0.25) is 5.91 Å². The summed E-state index contributed by atoms with van der Waals surface area (Å²) < 4.78 is 2.26. The summed E-state index contributed by atoms with van der Waals surface area (Å²) in [6.07, 6.45) is 9.44. The number of carbonyl (C=O) groups is 3. The summed E-state index contributed by atoms with van der Waals surface area (Å²) >= 11 is 0. The number of rotatable bonds is 3. The maximum atomic E-state index is 13.4. The molecule has 0 bridgehead atoms. The Morgan fingerprint density at radius 3 is 2.54 bits per heavy atom. The first-order valence-electron chi connectivity index (χ1n) is 13.5. The zero-order valence-electron chi connectivity index (χ0n) is 21.5. The first-order chi connectivity index (χ1) is 16.7. The molecule has 4 amide bonds. The van der Waals surface area contributed by atoms with Crippen LogP contribution in [0.1, 0.15) is 96.1 Å². The van der Waals surface area contributed by atoms with Crippen molar-refractivity contribution >= 4 is 17.8 Å². The summed E-state index contributed by atoms with van der Waals surface area (Å²) in [6, 6.07) is -0.422. The van der Waals surface area contributed by atoms with Gasteiger partial charge in [0.1, 0.15) is 23.7 Å². The smallest absolute Gasteiger partial charge is 0.325 e. The number of imide groups is 1. The van der Waals surface area contributed by atoms with Gasteiger partial charge in [-0.3, -0.25) is 14.5 Å². The van der Waals surface area contributed by atoms with E-state index in [1.54, 1.807) is 0 Å². The molecule has 3 aliphatic heterocycles. The number of fused-ring (bicyclic) bond motifs is 1. The second-order valence-corrected chi connectivity index (χ2v) is 12.2. The number of amides is 4. The van der Waals surface area contributed by atoms with Gasteiger partial charge in [0.25, 0.3) is 5.91 Å². The van der Waals surface area contributed by atoms with Gasteiger partial charge in [-0.05, 0) is 62.7 Å². The average molecular weight is 485 g/mol. The summed E-state index contributed by atoms with van der Waals surface area (Å²) in [7, 11) is 0. The van der Waals surface area contributed by atoms with Crippen molar-refractivity contribution in [2.24, 2.45) is 11.3 Å². The molecule has 1 spiro atoms. The zero-order chi connectivity index (χ0) is 24.8. The highest BCUT2D eigenvalue weighted by atomic mass is 16.2. The van der Waals surface area contributed by atoms with Gasteiger partial charge < -0.3 is 14.8 Å². The number of aryl methyl sites for hydroxylation is 1. The third-order valence-electron chi connectivity index (χ3n) is 8.88. The lowest BCUT2D eigenvalue weighted by Crippen LogP contribution is -2.51. The molecule has 4 aliphatic rings. The Balaban J connectivity index is 1.23. The summed E-state index contributed by atoms with van der Waals surface area (Å²) in [5, 5.41) is 11.9. The minimum atomic E-state index is -0.831. The predicted octanol–water partition coefficient (Wildman–Crippen LogP) is 3.24. The van der Waals surface area contributed by atoms with Crippen LogP contribution in [-0.2, 0) is 22.6 Å². The average Bonchev–Trinajstić information content (AvgIpc) is 3.21. The molecular formula is C26H40N6O3. The standard InChI is InChI=1S/C26H40N6O3/c1-25(2,3)19-10-12-26(13-11-19)23(34)32(24(35)27-26)17-21(33)30-14-7-8-18(16-30)22-29-28-20-9-5-4-6-15-31(20)22/h18-19H,4-17H2,1-3H3,(H,27,35). The van der Waals surface area contributed by atoms with Crippen LogP contribution in [0, 0.1) is 11.3 Å². The van der Waals surface area contributed by atoms with E-state index < -0.39 is 11.6 Å². The molecule has 0 aromatic carbocycles. The fraction of sp³-hybridized carbons (Fsp3) is 0.808. The van der Waals surface area contributed by atoms with E-state index in [9.17, 15) is 14.4 Å². The summed E-state index contributed by atoms with van der Waals surface area (Å²) in [6.45, 7) is 8.69. The number of carbonyl (C=O) groups excluding carboxylic acids is 3. The van der Waals surface area contributed by atoms with Crippen molar-refractivity contribution in [3.05, 3.63) is 11.6 Å². The van der Waals surface area contributed by atoms with Gasteiger partial charge in [-0.1, -0.05) is 27.2 Å². The quantitative estimate of drug-likeness (QED) is 0.664. The van der Waals surface area contributed by atoms with E-state index in [2.05, 4.69) is 40.9 Å². The number of aromatic nitrogens is 3. The van der Waals surface area contributed by atoms with E-state index >= 15 is 0 Å². The second-order valence-electron chi connectivity index (χ2n) is 12.2. The molecule has 1 aliphatic carbocycles. The first-order valence-corrected chi connectivity index (χ1v) is 13.5. The highest BCUT2D eigenvalue weighted by Crippen LogP contribution is 2.43. The van der Waals surface area contributed by atoms with Gasteiger partial charge in [0.05, 0.1) is 0 Å². The first kappa shape index (κ1) is 24.3. The fourth-order valence-corrected chi connectivity index (χ4v) is 6.59. The SMILES string of the molecule is CC(C)(C)C1CCC2(CC1)NC(=O)N(CC(=O)N1CCCC(c3nnc4n3CCCCC4)C1)C2=O. The van der Waals surface area contributed by atoms with Crippen LogP contribution in [0.3, 0.4) is 0 Å². The number of piperidine rings is 1. The highest BCUT2D eigenvalue weighted by Gasteiger charge is 2.53. The van der Waals surface area contributed by atoms with Gasteiger partial charge >= 0.3 is 6.03 Å². The largest absolute Gasteiger partial charge is 0.340 e. The molecule has 1 N–H and O–H groups in total. The lowest BCUT2D eigenvalue weighted by molar-refractivity contribution is -0.140. The monoisotopic (exact) mass is 484 g/mol. The van der Waals surface area contributed by atoms with Gasteiger partial charge in [-0.2, -0.15) is 0 Å². The van der Waals surface area contributed by atoms with Crippen LogP contribution in [0.15, 0.2) is 0 Å². The van der Waals surface area contributed by atoms with Crippen molar-refractivity contribution in [1.82, 2.24) is 29.9 Å². The zero-order valence-corrected chi connectivity index (χ0v) is 21.5. The Kier molecular flexibility index (Phi) is 6.38. The van der Waals surface area contributed by atoms with E-state index in [-0.39, 0.29) is 29.7 Å². The molecule has 192 valence electrons. The molecule has 4 heterocycles. The number of likely N-dealkylation sites (tertiary alicyclic amines) is 1. The molecule has 3 fully saturated rings. The molecule has 1 aromatic rings. The summed E-state index contributed by atoms with van der Waals surface area (Å²) in [5.74, 6) is 2.35. The normalized spacial score (nSPS) is 29.8. The summed E-state index contributed by atoms with van der Waals surface area (Å²) in [5.41, 5.74) is -0.640. The van der Waals surface area contributed by atoms with Crippen molar-refractivity contribution in [3.63, 3.8) is 0 Å². The van der Waals surface area contributed by atoms with Crippen molar-refractivity contribution in [2.45, 2.75) is 103 Å². The maximum Gasteiger partial charge on any atom is 0.325 e. The van der Waals surface area contributed by atoms with Crippen LogP contribution in [0.5, 0.6) is 0 Å². The number of hydrogen-bond donors (Lipinski definition) is 1. The summed E-state index contributed by atoms with van der Waals surface area (Å²) in [4.78, 5) is 42.4. The number of hydrogen-bond acceptors (Lipinski definition) is 5. The molecule has 5 rings (SSSR count). The minimum Gasteiger partial charge on any atom is -0.340 e. The van der Waals surface area contributed by atoms with Crippen LogP contribution in [0.2, 0.25) is 0 Å². The molecule has 9 nitrogen and oxygen atoms in total. The molecule has 1 unspecified atom stereocenters. The third-order valence-corrected chi connectivity index (χ3v) is 8.88. The van der Waals surface area contributed by atoms with Crippen LogP contribution in [-0.4, -0.2) is 67.6 Å². The molecule has 0 radical (unpaired) electrons. The highest BCUT2D eigenvalue weighted by molar-refractivity contribution is 6.09. The Bertz CT molecular complexity index is 988. The van der Waals surface area contributed by atoms with Crippen LogP contribution >= 0.6 is 0 Å². The molecule has 35 heavy (non-hydrogen) atoms. The van der Waals surface area contributed by atoms with Crippen LogP contribution in [0.4, 0.5) is 4.79 Å². The lowest BCUT2D eigenvalue weighted by Gasteiger charge is -2.40. The van der Waals surface area contributed by atoms with Crippen molar-refractivity contribution in [3.8, 4) is 0 Å². The maximum absolute atomic E-state index is 13.4. The van der Waals surface area contributed by atoms with E-state index in [4.69, 9.17) is 0 Å². The van der Waals surface area contributed by atoms with Gasteiger partial charge in [0, 0.05) is 32.0 Å². The van der Waals surface area contributed by atoms with Gasteiger partial charge in [-0.15, -0.1) is 10.2 Å². The molecule has 1 atom stereocenters. The van der Waals surface area contributed by atoms with Crippen molar-refractivity contribution in [1.29, 1.82) is 0 Å². The predicted molar refractivity (Wildman–Crippen MR) is 131 cm³/mol. The Hall–Kier alpha value is -2.45. The topological polar surface area (TPSA) is 100 Å². The molecule has 9 heteroatoms. The third kappa shape index (κ3) is 4.58. The van der Waals surface area contributed by atoms with Gasteiger partial charge in [-0.25, -0.2) is 4.79 Å². The minimum absolute atomic E-state index is 0.147. The molecule has 1 aromatic heterocycles.